The van der Waals surface area contributed by atoms with Crippen molar-refractivity contribution in [3.63, 3.8) is 0 Å². The lowest BCUT2D eigenvalue weighted by Crippen LogP contribution is -2.28. The monoisotopic (exact) mass is 271 g/mol. The average Bonchev–Trinajstić information content (AvgIpc) is 2.34. The second kappa shape index (κ2) is 7.28. The summed E-state index contributed by atoms with van der Waals surface area (Å²) in [5.41, 5.74) is 0.215. The highest BCUT2D eigenvalue weighted by molar-refractivity contribution is 6.33. The number of rotatable bonds is 6. The van der Waals surface area contributed by atoms with Gasteiger partial charge in [0.2, 0.25) is 0 Å². The number of amides is 1. The number of aromatic nitrogens is 2. The number of nitrogens with zero attached hydrogens (tertiary/aromatic N) is 2. The summed E-state index contributed by atoms with van der Waals surface area (Å²) in [7, 11) is 0. The molecule has 1 aromatic rings. The van der Waals surface area contributed by atoms with Crippen LogP contribution in [0.4, 0.5) is 0 Å². The zero-order chi connectivity index (χ0) is 13.5. The summed E-state index contributed by atoms with van der Waals surface area (Å²) in [6.07, 6.45) is 1.46. The van der Waals surface area contributed by atoms with E-state index in [-0.39, 0.29) is 22.5 Å². The highest BCUT2D eigenvalue weighted by Crippen LogP contribution is 2.16. The number of hydrogen-bond donors (Lipinski definition) is 1. The first-order valence-corrected chi connectivity index (χ1v) is 6.32. The van der Waals surface area contributed by atoms with Crippen LogP contribution in [0, 0.1) is 0 Å². The van der Waals surface area contributed by atoms with Crippen molar-refractivity contribution in [3.05, 3.63) is 22.7 Å². The summed E-state index contributed by atoms with van der Waals surface area (Å²) >= 11 is 5.92. The van der Waals surface area contributed by atoms with Crippen molar-refractivity contribution in [2.75, 3.05) is 19.8 Å². The van der Waals surface area contributed by atoms with Crippen LogP contribution in [0.3, 0.4) is 0 Å². The van der Waals surface area contributed by atoms with Crippen molar-refractivity contribution < 1.29 is 9.53 Å². The maximum atomic E-state index is 11.9. The van der Waals surface area contributed by atoms with Gasteiger partial charge in [-0.2, -0.15) is 0 Å². The number of ether oxygens (including phenoxy) is 1. The normalized spacial score (nSPS) is 10.7. The Hall–Kier alpha value is -1.20. The first kappa shape index (κ1) is 14.9. The first-order valence-electron chi connectivity index (χ1n) is 5.94. The third kappa shape index (κ3) is 4.23. The molecule has 0 unspecified atom stereocenters. The molecule has 0 radical (unpaired) electrons. The first-order chi connectivity index (χ1) is 8.56. The third-order valence-corrected chi connectivity index (χ3v) is 2.51. The van der Waals surface area contributed by atoms with Crippen molar-refractivity contribution in [2.24, 2.45) is 0 Å². The Morgan fingerprint density at radius 1 is 1.56 bits per heavy atom. The number of carbonyl (C=O) groups excluding carboxylic acids is 1. The van der Waals surface area contributed by atoms with Crippen LogP contribution in [0.15, 0.2) is 6.20 Å². The Bertz CT molecular complexity index is 410. The Kier molecular flexibility index (Phi) is 6.01. The summed E-state index contributed by atoms with van der Waals surface area (Å²) in [6, 6.07) is 0. The smallest absolute Gasteiger partial charge is 0.271 e. The molecule has 0 bridgehead atoms. The molecule has 0 spiro atoms. The average molecular weight is 272 g/mol. The molecule has 5 nitrogen and oxygen atoms in total. The summed E-state index contributed by atoms with van der Waals surface area (Å²) < 4.78 is 5.13. The molecule has 0 saturated heterocycles. The zero-order valence-electron chi connectivity index (χ0n) is 10.9. The van der Waals surface area contributed by atoms with Crippen molar-refractivity contribution in [1.82, 2.24) is 15.3 Å². The van der Waals surface area contributed by atoms with Crippen LogP contribution in [0.5, 0.6) is 0 Å². The zero-order valence-corrected chi connectivity index (χ0v) is 11.6. The molecular formula is C12H18ClN3O2. The summed E-state index contributed by atoms with van der Waals surface area (Å²) in [4.78, 5) is 20.1. The fourth-order valence-electron chi connectivity index (χ4n) is 1.28. The quantitative estimate of drug-likeness (QED) is 0.804. The molecule has 0 aliphatic heterocycles. The molecule has 0 atom stereocenters. The SMILES string of the molecule is CCOCCNC(=O)c1nc(C(C)C)ncc1Cl. The number of hydrogen-bond acceptors (Lipinski definition) is 4. The molecule has 1 N–H and O–H groups in total. The molecule has 1 aromatic heterocycles. The Morgan fingerprint density at radius 3 is 2.89 bits per heavy atom. The second-order valence-electron chi connectivity index (χ2n) is 4.03. The molecule has 0 aliphatic rings. The third-order valence-electron chi connectivity index (χ3n) is 2.23. The van der Waals surface area contributed by atoms with Crippen LogP contribution in [-0.4, -0.2) is 35.6 Å². The van der Waals surface area contributed by atoms with Gasteiger partial charge in [-0.3, -0.25) is 4.79 Å². The van der Waals surface area contributed by atoms with E-state index in [1.54, 1.807) is 0 Å². The molecular weight excluding hydrogens is 254 g/mol. The van der Waals surface area contributed by atoms with Gasteiger partial charge in [0.1, 0.15) is 11.5 Å². The van der Waals surface area contributed by atoms with Gasteiger partial charge in [-0.05, 0) is 6.92 Å². The van der Waals surface area contributed by atoms with E-state index in [1.165, 1.54) is 6.20 Å². The van der Waals surface area contributed by atoms with Crippen molar-refractivity contribution >= 4 is 17.5 Å². The largest absolute Gasteiger partial charge is 0.380 e. The minimum Gasteiger partial charge on any atom is -0.380 e. The van der Waals surface area contributed by atoms with Gasteiger partial charge in [-0.15, -0.1) is 0 Å². The number of halogens is 1. The van der Waals surface area contributed by atoms with Gasteiger partial charge in [-0.1, -0.05) is 25.4 Å². The minimum atomic E-state index is -0.302. The maximum absolute atomic E-state index is 11.9. The Balaban J connectivity index is 2.69. The summed E-state index contributed by atoms with van der Waals surface area (Å²) in [5.74, 6) is 0.454. The molecule has 0 saturated carbocycles. The van der Waals surface area contributed by atoms with Gasteiger partial charge in [0.15, 0.2) is 0 Å². The maximum Gasteiger partial charge on any atom is 0.271 e. The van der Waals surface area contributed by atoms with Crippen LogP contribution in [-0.2, 0) is 4.74 Å². The Labute approximate surface area is 112 Å². The molecule has 1 rings (SSSR count). The van der Waals surface area contributed by atoms with Crippen LogP contribution in [0.2, 0.25) is 5.02 Å². The molecule has 18 heavy (non-hydrogen) atoms. The van der Waals surface area contributed by atoms with E-state index in [9.17, 15) is 4.79 Å². The van der Waals surface area contributed by atoms with E-state index in [0.29, 0.717) is 25.6 Å². The van der Waals surface area contributed by atoms with E-state index >= 15 is 0 Å². The van der Waals surface area contributed by atoms with E-state index in [1.807, 2.05) is 20.8 Å². The summed E-state index contributed by atoms with van der Waals surface area (Å²) in [6.45, 7) is 7.35. The van der Waals surface area contributed by atoms with Gasteiger partial charge < -0.3 is 10.1 Å². The lowest BCUT2D eigenvalue weighted by molar-refractivity contribution is 0.0917. The number of carbonyl (C=O) groups is 1. The van der Waals surface area contributed by atoms with Gasteiger partial charge in [0.25, 0.3) is 5.91 Å². The minimum absolute atomic E-state index is 0.150. The van der Waals surface area contributed by atoms with E-state index in [4.69, 9.17) is 16.3 Å². The van der Waals surface area contributed by atoms with Gasteiger partial charge >= 0.3 is 0 Å². The fourth-order valence-corrected chi connectivity index (χ4v) is 1.46. The molecule has 100 valence electrons. The molecule has 0 aromatic carbocycles. The van der Waals surface area contributed by atoms with Crippen LogP contribution in [0.1, 0.15) is 43.0 Å². The topological polar surface area (TPSA) is 64.1 Å². The van der Waals surface area contributed by atoms with Crippen LogP contribution < -0.4 is 5.32 Å². The molecule has 0 fully saturated rings. The Morgan fingerprint density at radius 2 is 2.28 bits per heavy atom. The van der Waals surface area contributed by atoms with Crippen molar-refractivity contribution in [1.29, 1.82) is 0 Å². The van der Waals surface area contributed by atoms with Crippen molar-refractivity contribution in [3.8, 4) is 0 Å². The second-order valence-corrected chi connectivity index (χ2v) is 4.44. The standard InChI is InChI=1S/C12H18ClN3O2/c1-4-18-6-5-14-12(17)10-9(13)7-15-11(16-10)8(2)3/h7-8H,4-6H2,1-3H3,(H,14,17). The molecule has 6 heteroatoms. The predicted octanol–water partition coefficient (Wildman–Crippen LogP) is 2.02. The fraction of sp³-hybridized carbons (Fsp3) is 0.583. The van der Waals surface area contributed by atoms with Crippen LogP contribution in [0.25, 0.3) is 0 Å². The summed E-state index contributed by atoms with van der Waals surface area (Å²) in [5, 5.41) is 2.96. The van der Waals surface area contributed by atoms with Gasteiger partial charge in [0, 0.05) is 19.1 Å². The highest BCUT2D eigenvalue weighted by Gasteiger charge is 2.14. The predicted molar refractivity (Wildman–Crippen MR) is 70.0 cm³/mol. The van der Waals surface area contributed by atoms with E-state index in [2.05, 4.69) is 15.3 Å². The molecule has 1 heterocycles. The van der Waals surface area contributed by atoms with E-state index < -0.39 is 0 Å². The van der Waals surface area contributed by atoms with Gasteiger partial charge in [0.05, 0.1) is 17.8 Å². The molecule has 1 amide bonds. The lowest BCUT2D eigenvalue weighted by Gasteiger charge is -2.08. The van der Waals surface area contributed by atoms with E-state index in [0.717, 1.165) is 0 Å². The molecule has 0 aliphatic carbocycles. The van der Waals surface area contributed by atoms with Crippen LogP contribution >= 0.6 is 11.6 Å². The highest BCUT2D eigenvalue weighted by atomic mass is 35.5. The lowest BCUT2D eigenvalue weighted by atomic mass is 10.2. The van der Waals surface area contributed by atoms with Crippen molar-refractivity contribution in [2.45, 2.75) is 26.7 Å². The number of nitrogens with one attached hydrogen (secondary N) is 1. The van der Waals surface area contributed by atoms with Gasteiger partial charge in [-0.25, -0.2) is 9.97 Å².